The molecule has 140 valence electrons. The lowest BCUT2D eigenvalue weighted by Gasteiger charge is -2.13. The van der Waals surface area contributed by atoms with Crippen LogP contribution in [0.15, 0.2) is 59.1 Å². The second-order valence-electron chi connectivity index (χ2n) is 6.05. The van der Waals surface area contributed by atoms with Crippen molar-refractivity contribution < 1.29 is 18.8 Å². The summed E-state index contributed by atoms with van der Waals surface area (Å²) in [6.07, 6.45) is 0.280. The van der Waals surface area contributed by atoms with Crippen molar-refractivity contribution in [3.8, 4) is 22.8 Å². The third kappa shape index (κ3) is 4.67. The number of rotatable bonds is 7. The molecule has 0 bridgehead atoms. The fraction of sp³-hybridized carbons (Fsp3) is 0.238. The smallest absolute Gasteiger partial charge is 0.267 e. The standard InChI is InChI=1S/C21H22N2O4/c1-4-15-5-7-16(8-6-15)19-13-20(27-23-19)22-21(24)14(2)26-18-11-9-17(25-3)10-12-18/h5-14H,4H2,1-3H3,(H,22,24). The lowest BCUT2D eigenvalue weighted by Crippen LogP contribution is -2.29. The number of amides is 1. The van der Waals surface area contributed by atoms with E-state index >= 15 is 0 Å². The van der Waals surface area contributed by atoms with E-state index in [1.807, 2.05) is 24.3 Å². The van der Waals surface area contributed by atoms with Crippen molar-refractivity contribution in [2.45, 2.75) is 26.4 Å². The van der Waals surface area contributed by atoms with E-state index in [9.17, 15) is 4.79 Å². The van der Waals surface area contributed by atoms with Crippen molar-refractivity contribution >= 4 is 11.8 Å². The number of methoxy groups -OCH3 is 1. The summed E-state index contributed by atoms with van der Waals surface area (Å²) in [4.78, 5) is 12.3. The van der Waals surface area contributed by atoms with Crippen LogP contribution in [0.25, 0.3) is 11.3 Å². The van der Waals surface area contributed by atoms with Gasteiger partial charge in [0.15, 0.2) is 6.10 Å². The number of ether oxygens (including phenoxy) is 2. The van der Waals surface area contributed by atoms with Crippen LogP contribution in [-0.2, 0) is 11.2 Å². The van der Waals surface area contributed by atoms with Crippen LogP contribution in [0.4, 0.5) is 5.88 Å². The monoisotopic (exact) mass is 366 g/mol. The second-order valence-corrected chi connectivity index (χ2v) is 6.05. The third-order valence-corrected chi connectivity index (χ3v) is 4.16. The molecule has 1 atom stereocenters. The lowest BCUT2D eigenvalue weighted by molar-refractivity contribution is -0.122. The molecule has 0 spiro atoms. The number of benzene rings is 2. The van der Waals surface area contributed by atoms with Gasteiger partial charge in [-0.05, 0) is 43.2 Å². The molecular formula is C21H22N2O4. The number of anilines is 1. The Morgan fingerprint density at radius 2 is 1.78 bits per heavy atom. The third-order valence-electron chi connectivity index (χ3n) is 4.16. The van der Waals surface area contributed by atoms with Crippen molar-refractivity contribution in [2.24, 2.45) is 0 Å². The topological polar surface area (TPSA) is 73.6 Å². The van der Waals surface area contributed by atoms with Crippen LogP contribution in [0, 0.1) is 0 Å². The second kappa shape index (κ2) is 8.40. The highest BCUT2D eigenvalue weighted by Crippen LogP contribution is 2.23. The van der Waals surface area contributed by atoms with Gasteiger partial charge in [-0.25, -0.2) is 0 Å². The normalized spacial score (nSPS) is 11.7. The molecule has 0 saturated heterocycles. The van der Waals surface area contributed by atoms with E-state index in [2.05, 4.69) is 17.4 Å². The van der Waals surface area contributed by atoms with Gasteiger partial charge in [0.25, 0.3) is 5.91 Å². The highest BCUT2D eigenvalue weighted by atomic mass is 16.5. The first-order chi connectivity index (χ1) is 13.1. The lowest BCUT2D eigenvalue weighted by atomic mass is 10.1. The molecule has 0 aliphatic heterocycles. The molecule has 2 aromatic carbocycles. The van der Waals surface area contributed by atoms with Crippen LogP contribution in [0.2, 0.25) is 0 Å². The number of aryl methyl sites for hydroxylation is 1. The average Bonchev–Trinajstić information content (AvgIpc) is 3.17. The fourth-order valence-electron chi connectivity index (χ4n) is 2.52. The molecule has 1 unspecified atom stereocenters. The molecule has 1 N–H and O–H groups in total. The highest BCUT2D eigenvalue weighted by molar-refractivity contribution is 5.93. The van der Waals surface area contributed by atoms with E-state index in [0.717, 1.165) is 17.7 Å². The van der Waals surface area contributed by atoms with Gasteiger partial charge in [0.05, 0.1) is 7.11 Å². The Bertz CT molecular complexity index is 885. The van der Waals surface area contributed by atoms with Gasteiger partial charge in [0.2, 0.25) is 5.88 Å². The van der Waals surface area contributed by atoms with E-state index in [0.29, 0.717) is 11.4 Å². The van der Waals surface area contributed by atoms with Crippen molar-refractivity contribution in [1.29, 1.82) is 0 Å². The Hall–Kier alpha value is -3.28. The average molecular weight is 366 g/mol. The van der Waals surface area contributed by atoms with Gasteiger partial charge < -0.3 is 14.0 Å². The summed E-state index contributed by atoms with van der Waals surface area (Å²) in [7, 11) is 1.59. The molecule has 0 aliphatic carbocycles. The van der Waals surface area contributed by atoms with Gasteiger partial charge in [0, 0.05) is 11.6 Å². The predicted octanol–water partition coefficient (Wildman–Crippen LogP) is 4.32. The maximum atomic E-state index is 12.3. The maximum absolute atomic E-state index is 12.3. The van der Waals surface area contributed by atoms with E-state index in [4.69, 9.17) is 14.0 Å². The Balaban J connectivity index is 1.60. The molecule has 0 fully saturated rings. The van der Waals surface area contributed by atoms with Crippen LogP contribution >= 0.6 is 0 Å². The van der Waals surface area contributed by atoms with Gasteiger partial charge in [-0.2, -0.15) is 0 Å². The van der Waals surface area contributed by atoms with Crippen LogP contribution < -0.4 is 14.8 Å². The number of nitrogens with zero attached hydrogens (tertiary/aromatic N) is 1. The minimum Gasteiger partial charge on any atom is -0.497 e. The Morgan fingerprint density at radius 3 is 2.41 bits per heavy atom. The molecule has 6 nitrogen and oxygen atoms in total. The van der Waals surface area contributed by atoms with Gasteiger partial charge in [0.1, 0.15) is 17.2 Å². The minimum absolute atomic E-state index is 0.278. The first kappa shape index (κ1) is 18.5. The Kier molecular flexibility index (Phi) is 5.76. The SMILES string of the molecule is CCc1ccc(-c2cc(NC(=O)C(C)Oc3ccc(OC)cc3)on2)cc1. The zero-order valence-electron chi connectivity index (χ0n) is 15.6. The van der Waals surface area contributed by atoms with Gasteiger partial charge >= 0.3 is 0 Å². The van der Waals surface area contributed by atoms with Crippen LogP contribution in [-0.4, -0.2) is 24.3 Å². The zero-order valence-corrected chi connectivity index (χ0v) is 15.6. The Labute approximate surface area is 158 Å². The number of nitrogens with one attached hydrogen (secondary N) is 1. The molecular weight excluding hydrogens is 344 g/mol. The largest absolute Gasteiger partial charge is 0.497 e. The molecule has 1 aromatic heterocycles. The van der Waals surface area contributed by atoms with Gasteiger partial charge in [-0.15, -0.1) is 0 Å². The number of hydrogen-bond donors (Lipinski definition) is 1. The fourth-order valence-corrected chi connectivity index (χ4v) is 2.52. The first-order valence-corrected chi connectivity index (χ1v) is 8.76. The molecule has 0 aliphatic rings. The summed E-state index contributed by atoms with van der Waals surface area (Å²) >= 11 is 0. The van der Waals surface area contributed by atoms with Crippen LogP contribution in [0.1, 0.15) is 19.4 Å². The number of carbonyl (C=O) groups is 1. The number of hydrogen-bond acceptors (Lipinski definition) is 5. The van der Waals surface area contributed by atoms with Crippen molar-refractivity contribution in [2.75, 3.05) is 12.4 Å². The summed E-state index contributed by atoms with van der Waals surface area (Å²) < 4.78 is 16.0. The summed E-state index contributed by atoms with van der Waals surface area (Å²) in [5, 5.41) is 6.69. The van der Waals surface area contributed by atoms with Crippen molar-refractivity contribution in [1.82, 2.24) is 5.16 Å². The maximum Gasteiger partial charge on any atom is 0.267 e. The molecule has 0 saturated carbocycles. The van der Waals surface area contributed by atoms with E-state index in [1.54, 1.807) is 44.4 Å². The quantitative estimate of drug-likeness (QED) is 0.674. The number of carbonyl (C=O) groups excluding carboxylic acids is 1. The minimum atomic E-state index is -0.698. The predicted molar refractivity (Wildman–Crippen MR) is 103 cm³/mol. The van der Waals surface area contributed by atoms with Gasteiger partial charge in [-0.1, -0.05) is 36.3 Å². The molecule has 27 heavy (non-hydrogen) atoms. The van der Waals surface area contributed by atoms with E-state index < -0.39 is 6.10 Å². The zero-order chi connectivity index (χ0) is 19.2. The molecule has 1 heterocycles. The summed E-state index contributed by atoms with van der Waals surface area (Å²) in [5.41, 5.74) is 2.84. The molecule has 1 amide bonds. The molecule has 3 aromatic rings. The summed E-state index contributed by atoms with van der Waals surface area (Å²) in [6.45, 7) is 3.77. The van der Waals surface area contributed by atoms with Gasteiger partial charge in [-0.3, -0.25) is 10.1 Å². The highest BCUT2D eigenvalue weighted by Gasteiger charge is 2.17. The van der Waals surface area contributed by atoms with E-state index in [1.165, 1.54) is 5.56 Å². The van der Waals surface area contributed by atoms with Crippen LogP contribution in [0.3, 0.4) is 0 Å². The van der Waals surface area contributed by atoms with Crippen molar-refractivity contribution in [3.05, 3.63) is 60.2 Å². The van der Waals surface area contributed by atoms with Crippen molar-refractivity contribution in [3.63, 3.8) is 0 Å². The number of aromatic nitrogens is 1. The van der Waals surface area contributed by atoms with Crippen LogP contribution in [0.5, 0.6) is 11.5 Å². The molecule has 6 heteroatoms. The summed E-state index contributed by atoms with van der Waals surface area (Å²) in [5.74, 6) is 1.25. The summed E-state index contributed by atoms with van der Waals surface area (Å²) in [6, 6.07) is 16.8. The Morgan fingerprint density at radius 1 is 1.11 bits per heavy atom. The first-order valence-electron chi connectivity index (χ1n) is 8.76. The molecule has 3 rings (SSSR count). The molecule has 0 radical (unpaired) electrons. The van der Waals surface area contributed by atoms with E-state index in [-0.39, 0.29) is 11.8 Å².